The predicted molar refractivity (Wildman–Crippen MR) is 48.4 cm³/mol. The number of phenolic OH excluding ortho intramolecular Hbond substituents is 2. The second kappa shape index (κ2) is 4.18. The van der Waals surface area contributed by atoms with E-state index < -0.39 is 23.5 Å². The van der Waals surface area contributed by atoms with Crippen molar-refractivity contribution in [3.8, 4) is 11.5 Å². The van der Waals surface area contributed by atoms with Gasteiger partial charge in [-0.15, -0.1) is 0 Å². The van der Waals surface area contributed by atoms with Crippen LogP contribution < -0.4 is 10.9 Å². The zero-order valence-corrected chi connectivity index (χ0v) is 7.39. The van der Waals surface area contributed by atoms with Crippen LogP contribution in [0.15, 0.2) is 18.2 Å². The summed E-state index contributed by atoms with van der Waals surface area (Å²) in [6.07, 6.45) is -1.44. The van der Waals surface area contributed by atoms with Gasteiger partial charge in [0.1, 0.15) is 0 Å². The number of phenols is 2. The minimum absolute atomic E-state index is 0.233. The maximum atomic E-state index is 11.2. The molecule has 0 fully saturated rings. The van der Waals surface area contributed by atoms with Crippen LogP contribution in [0.2, 0.25) is 0 Å². The summed E-state index contributed by atoms with van der Waals surface area (Å²) in [7, 11) is 0. The van der Waals surface area contributed by atoms with E-state index in [9.17, 15) is 14.7 Å². The maximum Gasteiger partial charge on any atom is 0.423 e. The van der Waals surface area contributed by atoms with Crippen LogP contribution in [0.4, 0.5) is 4.79 Å². The molecule has 1 aromatic carbocycles. The Hall–Kier alpha value is -2.44. The van der Waals surface area contributed by atoms with Crippen LogP contribution in [0.3, 0.4) is 0 Å². The summed E-state index contributed by atoms with van der Waals surface area (Å²) in [6.45, 7) is 0. The number of benzene rings is 1. The van der Waals surface area contributed by atoms with E-state index in [0.717, 1.165) is 0 Å². The molecule has 0 aliphatic rings. The van der Waals surface area contributed by atoms with Crippen molar-refractivity contribution in [2.24, 2.45) is 0 Å². The van der Waals surface area contributed by atoms with E-state index >= 15 is 0 Å². The van der Waals surface area contributed by atoms with Gasteiger partial charge in [-0.25, -0.2) is 10.2 Å². The third-order valence-corrected chi connectivity index (χ3v) is 1.54. The van der Waals surface area contributed by atoms with Gasteiger partial charge in [-0.3, -0.25) is 10.2 Å². The molecule has 0 spiro atoms. The third kappa shape index (κ3) is 2.50. The SMILES string of the molecule is O=C(O)NNC(=O)c1cccc(O)c1O. The molecule has 0 heterocycles. The first-order chi connectivity index (χ1) is 7.02. The van der Waals surface area contributed by atoms with Crippen LogP contribution in [0, 0.1) is 0 Å². The molecular weight excluding hydrogens is 204 g/mol. The van der Waals surface area contributed by atoms with Crippen molar-refractivity contribution < 1.29 is 24.9 Å². The summed E-state index contributed by atoms with van der Waals surface area (Å²) in [5, 5.41) is 26.5. The van der Waals surface area contributed by atoms with Crippen molar-refractivity contribution in [3.63, 3.8) is 0 Å². The van der Waals surface area contributed by atoms with Crippen molar-refractivity contribution in [2.45, 2.75) is 0 Å². The van der Waals surface area contributed by atoms with Crippen molar-refractivity contribution in [1.82, 2.24) is 10.9 Å². The average Bonchev–Trinajstić information content (AvgIpc) is 2.18. The third-order valence-electron chi connectivity index (χ3n) is 1.54. The highest BCUT2D eigenvalue weighted by Crippen LogP contribution is 2.27. The van der Waals surface area contributed by atoms with Crippen LogP contribution in [0.25, 0.3) is 0 Å². The highest BCUT2D eigenvalue weighted by atomic mass is 16.4. The first-order valence-corrected chi connectivity index (χ1v) is 3.82. The lowest BCUT2D eigenvalue weighted by Crippen LogP contribution is -2.40. The van der Waals surface area contributed by atoms with Gasteiger partial charge in [-0.2, -0.15) is 0 Å². The van der Waals surface area contributed by atoms with E-state index in [1.807, 2.05) is 0 Å². The lowest BCUT2D eigenvalue weighted by Gasteiger charge is -2.06. The fourth-order valence-electron chi connectivity index (χ4n) is 0.892. The summed E-state index contributed by atoms with van der Waals surface area (Å²) in [6, 6.07) is 3.76. The normalized spacial score (nSPS) is 9.33. The number of hydrogen-bond donors (Lipinski definition) is 5. The number of para-hydroxylation sites is 1. The molecule has 0 atom stereocenters. The highest BCUT2D eigenvalue weighted by molar-refractivity contribution is 5.98. The zero-order chi connectivity index (χ0) is 11.4. The second-order valence-corrected chi connectivity index (χ2v) is 2.56. The molecule has 80 valence electrons. The molecule has 1 aromatic rings. The van der Waals surface area contributed by atoms with Gasteiger partial charge in [0.15, 0.2) is 11.5 Å². The summed E-state index contributed by atoms with van der Waals surface area (Å²) in [4.78, 5) is 21.3. The van der Waals surface area contributed by atoms with Gasteiger partial charge >= 0.3 is 6.09 Å². The molecular formula is C8H8N2O5. The molecule has 15 heavy (non-hydrogen) atoms. The van der Waals surface area contributed by atoms with E-state index in [2.05, 4.69) is 0 Å². The molecule has 0 radical (unpaired) electrons. The zero-order valence-electron chi connectivity index (χ0n) is 7.39. The molecule has 0 aliphatic heterocycles. The van der Waals surface area contributed by atoms with E-state index in [4.69, 9.17) is 10.2 Å². The van der Waals surface area contributed by atoms with Crippen molar-refractivity contribution in [3.05, 3.63) is 23.8 Å². The summed E-state index contributed by atoms with van der Waals surface area (Å²) in [5.74, 6) is -1.94. The topological polar surface area (TPSA) is 119 Å². The van der Waals surface area contributed by atoms with Gasteiger partial charge < -0.3 is 15.3 Å². The van der Waals surface area contributed by atoms with Crippen LogP contribution in [-0.2, 0) is 0 Å². The van der Waals surface area contributed by atoms with Gasteiger partial charge in [0, 0.05) is 0 Å². The molecule has 2 amide bonds. The molecule has 7 nitrogen and oxygen atoms in total. The number of aromatic hydroxyl groups is 2. The van der Waals surface area contributed by atoms with Crippen molar-refractivity contribution in [2.75, 3.05) is 0 Å². The van der Waals surface area contributed by atoms with E-state index in [-0.39, 0.29) is 5.56 Å². The summed E-state index contributed by atoms with van der Waals surface area (Å²) in [5.41, 5.74) is 3.19. The lowest BCUT2D eigenvalue weighted by atomic mass is 10.2. The fraction of sp³-hybridized carbons (Fsp3) is 0. The van der Waals surface area contributed by atoms with E-state index in [0.29, 0.717) is 0 Å². The Morgan fingerprint density at radius 3 is 2.40 bits per heavy atom. The molecule has 0 aromatic heterocycles. The van der Waals surface area contributed by atoms with E-state index in [1.54, 1.807) is 10.9 Å². The van der Waals surface area contributed by atoms with Gasteiger partial charge in [0.25, 0.3) is 5.91 Å². The highest BCUT2D eigenvalue weighted by Gasteiger charge is 2.13. The number of hydrogen-bond acceptors (Lipinski definition) is 4. The standard InChI is InChI=1S/C8H8N2O5/c11-5-3-1-2-4(6(5)12)7(13)9-10-8(14)15/h1-3,10-12H,(H,9,13)(H,14,15). The largest absolute Gasteiger partial charge is 0.504 e. The molecule has 0 saturated heterocycles. The summed E-state index contributed by atoms with van der Waals surface area (Å²) < 4.78 is 0. The first-order valence-electron chi connectivity index (χ1n) is 3.82. The molecule has 7 heteroatoms. The smallest absolute Gasteiger partial charge is 0.423 e. The number of amides is 2. The van der Waals surface area contributed by atoms with Gasteiger partial charge in [0.05, 0.1) is 5.56 Å². The van der Waals surface area contributed by atoms with Gasteiger partial charge in [-0.1, -0.05) is 6.07 Å². The minimum Gasteiger partial charge on any atom is -0.504 e. The number of nitrogens with one attached hydrogen (secondary N) is 2. The Balaban J connectivity index is 2.82. The van der Waals surface area contributed by atoms with Crippen LogP contribution in [-0.4, -0.2) is 27.3 Å². The Morgan fingerprint density at radius 1 is 1.13 bits per heavy atom. The Kier molecular flexibility index (Phi) is 2.97. The molecule has 5 N–H and O–H groups in total. The van der Waals surface area contributed by atoms with Crippen LogP contribution in [0.5, 0.6) is 11.5 Å². The quantitative estimate of drug-likeness (QED) is 0.332. The second-order valence-electron chi connectivity index (χ2n) is 2.56. The van der Waals surface area contributed by atoms with Crippen LogP contribution in [0.1, 0.15) is 10.4 Å². The summed E-state index contributed by atoms with van der Waals surface area (Å²) >= 11 is 0. The minimum atomic E-state index is -1.44. The molecule has 0 unspecified atom stereocenters. The number of carbonyl (C=O) groups is 2. The van der Waals surface area contributed by atoms with Crippen molar-refractivity contribution in [1.29, 1.82) is 0 Å². The Bertz CT molecular complexity index is 404. The number of rotatable bonds is 1. The van der Waals surface area contributed by atoms with E-state index in [1.165, 1.54) is 18.2 Å². The number of carbonyl (C=O) groups excluding carboxylic acids is 1. The first kappa shape index (κ1) is 10.6. The number of carboxylic acid groups (broad SMARTS) is 1. The monoisotopic (exact) mass is 212 g/mol. The average molecular weight is 212 g/mol. The molecule has 0 bridgehead atoms. The predicted octanol–water partition coefficient (Wildman–Crippen LogP) is 0.0102. The van der Waals surface area contributed by atoms with Gasteiger partial charge in [0.2, 0.25) is 0 Å². The molecule has 1 rings (SSSR count). The molecule has 0 saturated carbocycles. The number of hydrazine groups is 1. The fourth-order valence-corrected chi connectivity index (χ4v) is 0.892. The molecule has 0 aliphatic carbocycles. The lowest BCUT2D eigenvalue weighted by molar-refractivity contribution is 0.0923. The Morgan fingerprint density at radius 2 is 1.80 bits per heavy atom. The van der Waals surface area contributed by atoms with Crippen molar-refractivity contribution >= 4 is 12.0 Å². The Labute approximate surface area is 83.9 Å². The van der Waals surface area contributed by atoms with Crippen LogP contribution >= 0.6 is 0 Å². The maximum absolute atomic E-state index is 11.2. The van der Waals surface area contributed by atoms with Gasteiger partial charge in [-0.05, 0) is 12.1 Å².